The third kappa shape index (κ3) is 3.08. The molecule has 2 unspecified atom stereocenters. The Morgan fingerprint density at radius 2 is 2.00 bits per heavy atom. The summed E-state index contributed by atoms with van der Waals surface area (Å²) in [5, 5.41) is -0.127. The van der Waals surface area contributed by atoms with E-state index in [1.807, 2.05) is 36.6 Å². The zero-order valence-electron chi connectivity index (χ0n) is 11.5. The lowest BCUT2D eigenvalue weighted by atomic mass is 9.73. The summed E-state index contributed by atoms with van der Waals surface area (Å²) in [6, 6.07) is 6.60. The number of benzene rings is 1. The van der Waals surface area contributed by atoms with Gasteiger partial charge >= 0.3 is 0 Å². The van der Waals surface area contributed by atoms with Crippen LogP contribution in [0.25, 0.3) is 0 Å². The van der Waals surface area contributed by atoms with Gasteiger partial charge < -0.3 is 4.98 Å². The van der Waals surface area contributed by atoms with Crippen LogP contribution in [-0.4, -0.2) is 15.3 Å². The van der Waals surface area contributed by atoms with Gasteiger partial charge in [-0.25, -0.2) is 9.37 Å². The van der Waals surface area contributed by atoms with Crippen LogP contribution >= 0.6 is 11.6 Å². The lowest BCUT2D eigenvalue weighted by Crippen LogP contribution is -2.35. The fourth-order valence-corrected chi connectivity index (χ4v) is 3.07. The Balaban J connectivity index is 1.90. The van der Waals surface area contributed by atoms with Gasteiger partial charge in [-0.15, -0.1) is 11.6 Å². The molecule has 2 aromatic rings. The second-order valence-corrected chi connectivity index (χ2v) is 5.87. The first-order chi connectivity index (χ1) is 10.2. The van der Waals surface area contributed by atoms with Crippen LogP contribution < -0.4 is 0 Å². The van der Waals surface area contributed by atoms with Crippen molar-refractivity contribution >= 4 is 11.6 Å². The summed E-state index contributed by atoms with van der Waals surface area (Å²) in [5.74, 6) is 0.683. The minimum Gasteiger partial charge on any atom is -0.349 e. The quantitative estimate of drug-likeness (QED) is 0.848. The maximum absolute atomic E-state index is 13.1. The van der Waals surface area contributed by atoms with Crippen molar-refractivity contribution in [3.8, 4) is 0 Å². The number of H-pyrrole nitrogens is 1. The molecule has 108 valence electrons. The number of allylic oxidation sites excluding steroid dienone is 4. The molecule has 2 nitrogen and oxygen atoms in total. The van der Waals surface area contributed by atoms with E-state index in [4.69, 9.17) is 11.6 Å². The highest BCUT2D eigenvalue weighted by Crippen LogP contribution is 2.38. The maximum Gasteiger partial charge on any atom is 0.123 e. The Labute approximate surface area is 128 Å². The molecule has 0 saturated heterocycles. The molecule has 0 saturated carbocycles. The Morgan fingerprint density at radius 1 is 1.19 bits per heavy atom. The second-order valence-electron chi connectivity index (χ2n) is 5.39. The molecule has 4 heteroatoms. The van der Waals surface area contributed by atoms with Crippen LogP contribution in [0.4, 0.5) is 4.39 Å². The van der Waals surface area contributed by atoms with E-state index >= 15 is 0 Å². The van der Waals surface area contributed by atoms with Crippen molar-refractivity contribution in [1.82, 2.24) is 9.97 Å². The van der Waals surface area contributed by atoms with Crippen LogP contribution in [0.3, 0.4) is 0 Å². The highest BCUT2D eigenvalue weighted by molar-refractivity contribution is 6.22. The van der Waals surface area contributed by atoms with Crippen molar-refractivity contribution in [2.45, 2.75) is 18.2 Å². The molecule has 0 radical (unpaired) electrons. The largest absolute Gasteiger partial charge is 0.349 e. The molecule has 0 aliphatic heterocycles. The topological polar surface area (TPSA) is 28.7 Å². The van der Waals surface area contributed by atoms with Gasteiger partial charge in [0.2, 0.25) is 0 Å². The number of aromatic amines is 1. The molecular weight excluding hydrogens is 287 g/mol. The first-order valence-corrected chi connectivity index (χ1v) is 7.34. The zero-order valence-corrected chi connectivity index (χ0v) is 12.2. The SMILES string of the molecule is Fc1ccc(CC2(Cc3ncc[nH]3)C=CC=CC2Cl)cc1. The molecular formula is C17H16ClFN2. The highest BCUT2D eigenvalue weighted by Gasteiger charge is 2.36. The number of nitrogens with one attached hydrogen (secondary N) is 1. The summed E-state index contributed by atoms with van der Waals surface area (Å²) < 4.78 is 13.1. The van der Waals surface area contributed by atoms with E-state index in [1.165, 1.54) is 12.1 Å². The Bertz CT molecular complexity index is 646. The predicted octanol–water partition coefficient (Wildman–Crippen LogP) is 4.05. The lowest BCUT2D eigenvalue weighted by molar-refractivity contribution is 0.375. The Hall–Kier alpha value is -1.87. The minimum absolute atomic E-state index is 0.127. The average molecular weight is 303 g/mol. The summed E-state index contributed by atoms with van der Waals surface area (Å²) in [6.45, 7) is 0. The number of nitrogens with zero attached hydrogens (tertiary/aromatic N) is 1. The fraction of sp³-hybridized carbons (Fsp3) is 0.235. The van der Waals surface area contributed by atoms with Crippen LogP contribution in [0.2, 0.25) is 0 Å². The monoisotopic (exact) mass is 302 g/mol. The number of rotatable bonds is 4. The highest BCUT2D eigenvalue weighted by atomic mass is 35.5. The number of alkyl halides is 1. The standard InChI is InChI=1S/C17H16ClFN2/c18-15-3-1-2-8-17(15,12-16-20-9-10-21-16)11-13-4-6-14(19)7-5-13/h1-10,15H,11-12H2,(H,20,21). The Morgan fingerprint density at radius 3 is 2.67 bits per heavy atom. The number of hydrogen-bond acceptors (Lipinski definition) is 1. The van der Waals surface area contributed by atoms with Crippen molar-refractivity contribution in [3.05, 3.63) is 78.2 Å². The first-order valence-electron chi connectivity index (χ1n) is 6.91. The van der Waals surface area contributed by atoms with Crippen LogP contribution in [-0.2, 0) is 12.8 Å². The van der Waals surface area contributed by atoms with E-state index in [0.29, 0.717) is 6.42 Å². The van der Waals surface area contributed by atoms with E-state index in [2.05, 4.69) is 16.0 Å². The van der Waals surface area contributed by atoms with Crippen molar-refractivity contribution in [2.24, 2.45) is 5.41 Å². The molecule has 0 amide bonds. The first kappa shape index (κ1) is 14.1. The molecule has 1 N–H and O–H groups in total. The van der Waals surface area contributed by atoms with Gasteiger partial charge in [0.15, 0.2) is 0 Å². The fourth-order valence-electron chi connectivity index (χ4n) is 2.76. The van der Waals surface area contributed by atoms with Crippen molar-refractivity contribution in [1.29, 1.82) is 0 Å². The summed E-state index contributed by atoms with van der Waals surface area (Å²) >= 11 is 6.58. The van der Waals surface area contributed by atoms with Gasteiger partial charge in [-0.1, -0.05) is 36.4 Å². The van der Waals surface area contributed by atoms with Gasteiger partial charge in [-0.05, 0) is 24.1 Å². The summed E-state index contributed by atoms with van der Waals surface area (Å²) in [7, 11) is 0. The van der Waals surface area contributed by atoms with E-state index < -0.39 is 0 Å². The van der Waals surface area contributed by atoms with Crippen LogP contribution in [0.15, 0.2) is 61.0 Å². The normalized spacial score (nSPS) is 24.4. The Kier molecular flexibility index (Phi) is 3.93. The van der Waals surface area contributed by atoms with Gasteiger partial charge in [0, 0.05) is 24.2 Å². The smallest absolute Gasteiger partial charge is 0.123 e. The second kappa shape index (κ2) is 5.86. The van der Waals surface area contributed by atoms with Crippen molar-refractivity contribution < 1.29 is 4.39 Å². The molecule has 1 aliphatic rings. The van der Waals surface area contributed by atoms with Gasteiger partial charge in [-0.2, -0.15) is 0 Å². The molecule has 0 fully saturated rings. The number of aromatic nitrogens is 2. The molecule has 3 rings (SSSR count). The van der Waals surface area contributed by atoms with Crippen molar-refractivity contribution in [2.75, 3.05) is 0 Å². The summed E-state index contributed by atoms with van der Waals surface area (Å²) in [6.07, 6.45) is 13.1. The number of imidazole rings is 1. The molecule has 0 spiro atoms. The average Bonchev–Trinajstić information content (AvgIpc) is 2.97. The molecule has 1 aliphatic carbocycles. The van der Waals surface area contributed by atoms with Crippen molar-refractivity contribution in [3.63, 3.8) is 0 Å². The van der Waals surface area contributed by atoms with E-state index in [9.17, 15) is 4.39 Å². The maximum atomic E-state index is 13.1. The van der Waals surface area contributed by atoms with Gasteiger partial charge in [-0.3, -0.25) is 0 Å². The zero-order chi connectivity index (χ0) is 14.7. The van der Waals surface area contributed by atoms with Gasteiger partial charge in [0.25, 0.3) is 0 Å². The summed E-state index contributed by atoms with van der Waals surface area (Å²) in [4.78, 5) is 7.45. The van der Waals surface area contributed by atoms with Crippen LogP contribution in [0.1, 0.15) is 11.4 Å². The third-order valence-corrected chi connectivity index (χ3v) is 4.45. The molecule has 0 bridgehead atoms. The van der Waals surface area contributed by atoms with Gasteiger partial charge in [0.05, 0.1) is 5.38 Å². The molecule has 1 aromatic carbocycles. The summed E-state index contributed by atoms with van der Waals surface area (Å²) in [5.41, 5.74) is 0.806. The lowest BCUT2D eigenvalue weighted by Gasteiger charge is -2.35. The molecule has 1 aromatic heterocycles. The number of halogens is 2. The van der Waals surface area contributed by atoms with Gasteiger partial charge in [0.1, 0.15) is 11.6 Å². The van der Waals surface area contributed by atoms with E-state index in [0.717, 1.165) is 17.8 Å². The number of hydrogen-bond donors (Lipinski definition) is 1. The molecule has 2 atom stereocenters. The molecule has 1 heterocycles. The minimum atomic E-state index is -0.258. The van der Waals surface area contributed by atoms with Crippen LogP contribution in [0.5, 0.6) is 0 Å². The molecule has 21 heavy (non-hydrogen) atoms. The predicted molar refractivity (Wildman–Crippen MR) is 82.7 cm³/mol. The van der Waals surface area contributed by atoms with E-state index in [-0.39, 0.29) is 16.6 Å². The van der Waals surface area contributed by atoms with Crippen LogP contribution in [0, 0.1) is 11.2 Å². The van der Waals surface area contributed by atoms with E-state index in [1.54, 1.807) is 6.20 Å². The third-order valence-electron chi connectivity index (χ3n) is 3.87.